The molecule has 0 fully saturated rings. The number of nitrogens with zero attached hydrogens (tertiary/aromatic N) is 2. The summed E-state index contributed by atoms with van der Waals surface area (Å²) < 4.78 is 5.78. The number of aromatic amines is 1. The molecule has 0 aliphatic carbocycles. The number of nitrogens with one attached hydrogen (secondary N) is 2. The van der Waals surface area contributed by atoms with E-state index in [0.29, 0.717) is 22.8 Å². The van der Waals surface area contributed by atoms with E-state index in [9.17, 15) is 4.79 Å². The molecule has 3 rings (SSSR count). The molecule has 2 N–H and O–H groups in total. The molecule has 0 saturated carbocycles. The lowest BCUT2D eigenvalue weighted by Crippen LogP contribution is -2.16. The molecule has 0 unspecified atom stereocenters. The van der Waals surface area contributed by atoms with Gasteiger partial charge in [0.1, 0.15) is 10.6 Å². The van der Waals surface area contributed by atoms with Gasteiger partial charge in [-0.3, -0.25) is 10.3 Å². The molecule has 0 aliphatic heterocycles. The van der Waals surface area contributed by atoms with Gasteiger partial charge in [-0.15, -0.1) is 0 Å². The number of rotatable bonds is 4. The van der Waals surface area contributed by atoms with Gasteiger partial charge in [-0.05, 0) is 42.0 Å². The van der Waals surface area contributed by atoms with Crippen LogP contribution in [0.4, 0.5) is 10.6 Å². The highest BCUT2D eigenvalue weighted by atomic mass is 32.1. The Hall–Kier alpha value is -2.32. The first-order valence-corrected chi connectivity index (χ1v) is 7.76. The van der Waals surface area contributed by atoms with Gasteiger partial charge in [0.05, 0.1) is 12.1 Å². The Kier molecular flexibility index (Phi) is 4.40. The Balaban J connectivity index is 1.55. The van der Waals surface area contributed by atoms with E-state index in [-0.39, 0.29) is 0 Å². The van der Waals surface area contributed by atoms with Gasteiger partial charge in [-0.25, -0.2) is 9.78 Å². The molecule has 0 atom stereocenters. The molecule has 0 saturated heterocycles. The van der Waals surface area contributed by atoms with Crippen molar-refractivity contribution >= 4 is 45.8 Å². The fourth-order valence-electron chi connectivity index (χ4n) is 1.86. The van der Waals surface area contributed by atoms with Crippen LogP contribution in [0.15, 0.2) is 36.7 Å². The first kappa shape index (κ1) is 14.6. The van der Waals surface area contributed by atoms with Crippen LogP contribution in [0.3, 0.4) is 0 Å². The number of aromatic nitrogens is 3. The van der Waals surface area contributed by atoms with Gasteiger partial charge in [0.2, 0.25) is 0 Å². The molecule has 6 nitrogen and oxygen atoms in total. The molecule has 3 aromatic heterocycles. The highest BCUT2D eigenvalue weighted by Crippen LogP contribution is 2.19. The number of anilines is 1. The number of ether oxygens (including phenoxy) is 1. The average molecular weight is 332 g/mol. The summed E-state index contributed by atoms with van der Waals surface area (Å²) in [5.41, 5.74) is 1.92. The van der Waals surface area contributed by atoms with Crippen LogP contribution in [-0.2, 0) is 11.2 Å². The maximum Gasteiger partial charge on any atom is 0.412 e. The summed E-state index contributed by atoms with van der Waals surface area (Å²) in [6.07, 6.45) is 3.53. The van der Waals surface area contributed by atoms with Crippen LogP contribution in [0.1, 0.15) is 5.56 Å². The van der Waals surface area contributed by atoms with E-state index < -0.39 is 6.09 Å². The standard InChI is InChI=1S/C14H12N4O2S2/c19-13(20-8-5-9-3-6-15-7-4-9)18-11-2-1-10-12(17-11)22-14(21)16-10/h1-4,6-7H,5,8H2,(H,16,21)(H,17,18,19). The van der Waals surface area contributed by atoms with Crippen LogP contribution in [0.25, 0.3) is 10.3 Å². The van der Waals surface area contributed by atoms with Crippen LogP contribution >= 0.6 is 23.6 Å². The van der Waals surface area contributed by atoms with Crippen LogP contribution < -0.4 is 5.32 Å². The third-order valence-electron chi connectivity index (χ3n) is 2.89. The van der Waals surface area contributed by atoms with Crippen LogP contribution in [0.5, 0.6) is 0 Å². The Morgan fingerprint density at radius 1 is 1.32 bits per heavy atom. The minimum Gasteiger partial charge on any atom is -0.449 e. The fraction of sp³-hybridized carbons (Fsp3) is 0.143. The topological polar surface area (TPSA) is 79.9 Å². The summed E-state index contributed by atoms with van der Waals surface area (Å²) in [6, 6.07) is 7.29. The van der Waals surface area contributed by atoms with Crippen molar-refractivity contribution in [3.8, 4) is 0 Å². The van der Waals surface area contributed by atoms with E-state index in [1.165, 1.54) is 11.3 Å². The van der Waals surface area contributed by atoms with Crippen molar-refractivity contribution in [1.82, 2.24) is 15.0 Å². The molecule has 0 spiro atoms. The number of hydrogen-bond donors (Lipinski definition) is 2. The minimum atomic E-state index is -0.528. The van der Waals surface area contributed by atoms with Crippen LogP contribution in [-0.4, -0.2) is 27.7 Å². The largest absolute Gasteiger partial charge is 0.449 e. The van der Waals surface area contributed by atoms with Crippen molar-refractivity contribution in [2.75, 3.05) is 11.9 Å². The van der Waals surface area contributed by atoms with E-state index >= 15 is 0 Å². The minimum absolute atomic E-state index is 0.293. The Morgan fingerprint density at radius 3 is 2.95 bits per heavy atom. The van der Waals surface area contributed by atoms with E-state index in [4.69, 9.17) is 17.0 Å². The van der Waals surface area contributed by atoms with E-state index in [0.717, 1.165) is 15.9 Å². The van der Waals surface area contributed by atoms with E-state index in [2.05, 4.69) is 20.3 Å². The number of pyridine rings is 2. The number of carbonyl (C=O) groups is 1. The van der Waals surface area contributed by atoms with Crippen molar-refractivity contribution in [2.45, 2.75) is 6.42 Å². The van der Waals surface area contributed by atoms with Gasteiger partial charge >= 0.3 is 6.09 Å². The Bertz CT molecular complexity index is 845. The fourth-order valence-corrected chi connectivity index (χ4v) is 2.91. The van der Waals surface area contributed by atoms with E-state index in [1.807, 2.05) is 18.2 Å². The lowest BCUT2D eigenvalue weighted by Gasteiger charge is -2.06. The van der Waals surface area contributed by atoms with Crippen LogP contribution in [0.2, 0.25) is 0 Å². The van der Waals surface area contributed by atoms with E-state index in [1.54, 1.807) is 18.5 Å². The summed E-state index contributed by atoms with van der Waals surface area (Å²) in [5.74, 6) is 0.437. The van der Waals surface area contributed by atoms with Crippen molar-refractivity contribution in [3.05, 3.63) is 46.2 Å². The SMILES string of the molecule is O=C(Nc1ccc2[nH]c(=S)sc2n1)OCCc1ccncc1. The molecule has 1 amide bonds. The zero-order valence-electron chi connectivity index (χ0n) is 11.4. The molecular weight excluding hydrogens is 320 g/mol. The smallest absolute Gasteiger partial charge is 0.412 e. The average Bonchev–Trinajstić information content (AvgIpc) is 2.87. The first-order chi connectivity index (χ1) is 10.7. The zero-order valence-corrected chi connectivity index (χ0v) is 13.0. The summed E-state index contributed by atoms with van der Waals surface area (Å²) >= 11 is 6.41. The molecule has 112 valence electrons. The number of hydrogen-bond acceptors (Lipinski definition) is 6. The first-order valence-electron chi connectivity index (χ1n) is 6.53. The third-order valence-corrected chi connectivity index (χ3v) is 4.03. The maximum atomic E-state index is 11.7. The second-order valence-electron chi connectivity index (χ2n) is 4.43. The number of amides is 1. The lowest BCUT2D eigenvalue weighted by molar-refractivity contribution is 0.163. The quantitative estimate of drug-likeness (QED) is 0.714. The molecule has 8 heteroatoms. The zero-order chi connectivity index (χ0) is 15.4. The number of carbonyl (C=O) groups excluding carboxylic acids is 1. The Labute approximate surface area is 135 Å². The van der Waals surface area contributed by atoms with Crippen molar-refractivity contribution < 1.29 is 9.53 Å². The van der Waals surface area contributed by atoms with Crippen molar-refractivity contribution in [3.63, 3.8) is 0 Å². The van der Waals surface area contributed by atoms with Crippen LogP contribution in [0, 0.1) is 3.95 Å². The summed E-state index contributed by atoms with van der Waals surface area (Å²) in [7, 11) is 0. The molecule has 22 heavy (non-hydrogen) atoms. The van der Waals surface area contributed by atoms with Gasteiger partial charge in [0, 0.05) is 18.8 Å². The molecule has 3 aromatic rings. The van der Waals surface area contributed by atoms with Gasteiger partial charge in [-0.2, -0.15) is 0 Å². The monoisotopic (exact) mass is 332 g/mol. The van der Waals surface area contributed by atoms with Crippen molar-refractivity contribution in [1.29, 1.82) is 0 Å². The molecule has 0 aliphatic rings. The van der Waals surface area contributed by atoms with Gasteiger partial charge in [0.25, 0.3) is 0 Å². The van der Waals surface area contributed by atoms with Gasteiger partial charge in [-0.1, -0.05) is 11.3 Å². The second kappa shape index (κ2) is 6.63. The van der Waals surface area contributed by atoms with Gasteiger partial charge < -0.3 is 9.72 Å². The third kappa shape index (κ3) is 3.66. The summed E-state index contributed by atoms with van der Waals surface area (Å²) in [4.78, 5) is 23.7. The summed E-state index contributed by atoms with van der Waals surface area (Å²) in [6.45, 7) is 0.293. The molecule has 3 heterocycles. The van der Waals surface area contributed by atoms with Crippen molar-refractivity contribution in [2.24, 2.45) is 0 Å². The maximum absolute atomic E-state index is 11.7. The van der Waals surface area contributed by atoms with Gasteiger partial charge in [0.15, 0.2) is 3.95 Å². The molecule has 0 radical (unpaired) electrons. The predicted octanol–water partition coefficient (Wildman–Crippen LogP) is 3.54. The predicted molar refractivity (Wildman–Crippen MR) is 87.7 cm³/mol. The second-order valence-corrected chi connectivity index (χ2v) is 6.10. The number of H-pyrrole nitrogens is 1. The normalized spacial score (nSPS) is 10.5. The molecule has 0 aromatic carbocycles. The highest BCUT2D eigenvalue weighted by molar-refractivity contribution is 7.73. The highest BCUT2D eigenvalue weighted by Gasteiger charge is 2.06. The molecular formula is C14H12N4O2S2. The number of fused-ring (bicyclic) bond motifs is 1. The summed E-state index contributed by atoms with van der Waals surface area (Å²) in [5, 5.41) is 2.60. The number of thiazole rings is 1. The Morgan fingerprint density at radius 2 is 2.14 bits per heavy atom. The lowest BCUT2D eigenvalue weighted by atomic mass is 10.2. The molecule has 0 bridgehead atoms.